The van der Waals surface area contributed by atoms with Crippen LogP contribution in [0.2, 0.25) is 0 Å². The predicted octanol–water partition coefficient (Wildman–Crippen LogP) is 4.99. The molecule has 1 fully saturated rings. The molecule has 0 bridgehead atoms. The number of unbranched alkanes of at least 4 members (excludes halogenated alkanes) is 1. The summed E-state index contributed by atoms with van der Waals surface area (Å²) in [6.07, 6.45) is 11.0. The summed E-state index contributed by atoms with van der Waals surface area (Å²) < 4.78 is 0. The average Bonchev–Trinajstić information content (AvgIpc) is 2.34. The molecule has 0 aromatic carbocycles. The van der Waals surface area contributed by atoms with E-state index in [9.17, 15) is 4.79 Å². The number of ketones is 1. The van der Waals surface area contributed by atoms with Crippen LogP contribution in [0.3, 0.4) is 0 Å². The monoisotopic (exact) mass is 238 g/mol. The Bertz CT molecular complexity index is 212. The molecular weight excluding hydrogens is 208 g/mol. The maximum atomic E-state index is 11.2. The first-order chi connectivity index (χ1) is 8.13. The molecule has 0 unspecified atom stereocenters. The zero-order chi connectivity index (χ0) is 12.7. The first-order valence-corrected chi connectivity index (χ1v) is 7.65. The molecule has 1 rings (SSSR count). The minimum absolute atomic E-state index is 0.438. The number of Topliss-reactive ketones (excluding diaryl/α,β-unsaturated/α-hetero) is 1. The highest BCUT2D eigenvalue weighted by Crippen LogP contribution is 2.35. The lowest BCUT2D eigenvalue weighted by Gasteiger charge is -2.30. The van der Waals surface area contributed by atoms with Gasteiger partial charge in [0.15, 0.2) is 0 Å². The van der Waals surface area contributed by atoms with E-state index in [1.54, 1.807) is 0 Å². The van der Waals surface area contributed by atoms with Gasteiger partial charge in [0.05, 0.1) is 0 Å². The van der Waals surface area contributed by atoms with E-state index < -0.39 is 0 Å². The minimum Gasteiger partial charge on any atom is -0.300 e. The zero-order valence-corrected chi connectivity index (χ0v) is 12.0. The summed E-state index contributed by atoms with van der Waals surface area (Å²) in [4.78, 5) is 11.2. The molecule has 1 aliphatic carbocycles. The summed E-state index contributed by atoms with van der Waals surface area (Å²) in [5, 5.41) is 0. The van der Waals surface area contributed by atoms with Crippen molar-refractivity contribution in [2.45, 2.75) is 78.6 Å². The van der Waals surface area contributed by atoms with Gasteiger partial charge in [-0.25, -0.2) is 0 Å². The summed E-state index contributed by atoms with van der Waals surface area (Å²) >= 11 is 0. The van der Waals surface area contributed by atoms with Crippen LogP contribution >= 0.6 is 0 Å². The molecule has 100 valence electrons. The van der Waals surface area contributed by atoms with Gasteiger partial charge in [0.2, 0.25) is 0 Å². The van der Waals surface area contributed by atoms with Crippen molar-refractivity contribution in [1.29, 1.82) is 0 Å². The van der Waals surface area contributed by atoms with Crippen LogP contribution in [-0.4, -0.2) is 5.78 Å². The van der Waals surface area contributed by atoms with E-state index in [2.05, 4.69) is 13.8 Å². The van der Waals surface area contributed by atoms with Crippen molar-refractivity contribution in [3.63, 3.8) is 0 Å². The normalized spacial score (nSPS) is 25.2. The Labute approximate surface area is 107 Å². The molecule has 0 spiro atoms. The highest BCUT2D eigenvalue weighted by Gasteiger charge is 2.22. The number of hydrogen-bond acceptors (Lipinski definition) is 1. The van der Waals surface area contributed by atoms with Crippen molar-refractivity contribution in [3.8, 4) is 0 Å². The van der Waals surface area contributed by atoms with Crippen LogP contribution in [0.4, 0.5) is 0 Å². The van der Waals surface area contributed by atoms with Gasteiger partial charge in [0.25, 0.3) is 0 Å². The van der Waals surface area contributed by atoms with Crippen molar-refractivity contribution in [3.05, 3.63) is 0 Å². The molecule has 1 aliphatic rings. The van der Waals surface area contributed by atoms with Crippen LogP contribution in [0.1, 0.15) is 78.6 Å². The number of rotatable bonds is 7. The highest BCUT2D eigenvalue weighted by atomic mass is 16.1. The molecule has 0 atom stereocenters. The Hall–Kier alpha value is -0.330. The summed E-state index contributed by atoms with van der Waals surface area (Å²) in [6, 6.07) is 0. The summed E-state index contributed by atoms with van der Waals surface area (Å²) in [5.74, 6) is 3.25. The fourth-order valence-corrected chi connectivity index (χ4v) is 3.08. The second-order valence-corrected chi connectivity index (χ2v) is 6.16. The number of hydrogen-bond donors (Lipinski definition) is 0. The van der Waals surface area contributed by atoms with E-state index in [0.717, 1.165) is 37.0 Å². The Morgan fingerprint density at radius 1 is 1.12 bits per heavy atom. The molecule has 0 radical (unpaired) electrons. The van der Waals surface area contributed by atoms with Crippen LogP contribution in [0.5, 0.6) is 0 Å². The number of carbonyl (C=O) groups is 1. The Balaban J connectivity index is 2.04. The number of carbonyl (C=O) groups excluding carboxylic acids is 1. The largest absolute Gasteiger partial charge is 0.300 e. The Kier molecular flexibility index (Phi) is 6.84. The lowest BCUT2D eigenvalue weighted by atomic mass is 9.75. The molecule has 0 aromatic rings. The van der Waals surface area contributed by atoms with Crippen LogP contribution in [0, 0.1) is 17.8 Å². The molecule has 1 heteroatoms. The lowest BCUT2D eigenvalue weighted by molar-refractivity contribution is -0.118. The molecular formula is C16H30O. The summed E-state index contributed by atoms with van der Waals surface area (Å²) in [6.45, 7) is 6.69. The van der Waals surface area contributed by atoms with Gasteiger partial charge in [-0.05, 0) is 37.0 Å². The maximum absolute atomic E-state index is 11.2. The zero-order valence-electron chi connectivity index (χ0n) is 12.0. The van der Waals surface area contributed by atoms with Gasteiger partial charge in [-0.2, -0.15) is 0 Å². The predicted molar refractivity (Wildman–Crippen MR) is 74.1 cm³/mol. The van der Waals surface area contributed by atoms with E-state index in [1.807, 2.05) is 6.92 Å². The molecule has 0 aromatic heterocycles. The van der Waals surface area contributed by atoms with Crippen molar-refractivity contribution in [2.75, 3.05) is 0 Å². The Morgan fingerprint density at radius 2 is 1.76 bits per heavy atom. The maximum Gasteiger partial charge on any atom is 0.132 e. The smallest absolute Gasteiger partial charge is 0.132 e. The van der Waals surface area contributed by atoms with Crippen LogP contribution in [0.15, 0.2) is 0 Å². The SMILES string of the molecule is CCC(=O)CCCCC1CCC(C(C)C)CC1. The van der Waals surface area contributed by atoms with E-state index in [-0.39, 0.29) is 0 Å². The molecule has 0 saturated heterocycles. The van der Waals surface area contributed by atoms with E-state index in [0.29, 0.717) is 5.78 Å². The van der Waals surface area contributed by atoms with Gasteiger partial charge in [-0.1, -0.05) is 46.5 Å². The molecule has 1 saturated carbocycles. The second kappa shape index (κ2) is 7.89. The van der Waals surface area contributed by atoms with Crippen LogP contribution < -0.4 is 0 Å². The van der Waals surface area contributed by atoms with Gasteiger partial charge >= 0.3 is 0 Å². The summed E-state index contributed by atoms with van der Waals surface area (Å²) in [5.41, 5.74) is 0. The first-order valence-electron chi connectivity index (χ1n) is 7.65. The molecule has 0 N–H and O–H groups in total. The van der Waals surface area contributed by atoms with Crippen molar-refractivity contribution >= 4 is 5.78 Å². The van der Waals surface area contributed by atoms with E-state index in [1.165, 1.54) is 38.5 Å². The molecule has 1 nitrogen and oxygen atoms in total. The third-order valence-electron chi connectivity index (χ3n) is 4.55. The molecule has 0 amide bonds. The van der Waals surface area contributed by atoms with Crippen molar-refractivity contribution < 1.29 is 4.79 Å². The third kappa shape index (κ3) is 5.70. The lowest BCUT2D eigenvalue weighted by Crippen LogP contribution is -2.18. The summed E-state index contributed by atoms with van der Waals surface area (Å²) in [7, 11) is 0. The molecule has 17 heavy (non-hydrogen) atoms. The van der Waals surface area contributed by atoms with Gasteiger partial charge in [0.1, 0.15) is 5.78 Å². The van der Waals surface area contributed by atoms with Crippen LogP contribution in [0.25, 0.3) is 0 Å². The molecule has 0 aliphatic heterocycles. The quantitative estimate of drug-likeness (QED) is 0.571. The minimum atomic E-state index is 0.438. The van der Waals surface area contributed by atoms with E-state index in [4.69, 9.17) is 0 Å². The Morgan fingerprint density at radius 3 is 2.29 bits per heavy atom. The average molecular weight is 238 g/mol. The van der Waals surface area contributed by atoms with Crippen molar-refractivity contribution in [2.24, 2.45) is 17.8 Å². The molecule has 0 heterocycles. The second-order valence-electron chi connectivity index (χ2n) is 6.16. The van der Waals surface area contributed by atoms with E-state index >= 15 is 0 Å². The van der Waals surface area contributed by atoms with Gasteiger partial charge in [-0.15, -0.1) is 0 Å². The topological polar surface area (TPSA) is 17.1 Å². The van der Waals surface area contributed by atoms with Crippen molar-refractivity contribution in [1.82, 2.24) is 0 Å². The fraction of sp³-hybridized carbons (Fsp3) is 0.938. The van der Waals surface area contributed by atoms with Crippen LogP contribution in [-0.2, 0) is 4.79 Å². The van der Waals surface area contributed by atoms with Gasteiger partial charge < -0.3 is 0 Å². The first kappa shape index (κ1) is 14.7. The highest BCUT2D eigenvalue weighted by molar-refractivity contribution is 5.77. The van der Waals surface area contributed by atoms with Gasteiger partial charge in [-0.3, -0.25) is 4.79 Å². The van der Waals surface area contributed by atoms with Gasteiger partial charge in [0, 0.05) is 12.8 Å². The third-order valence-corrected chi connectivity index (χ3v) is 4.55. The standard InChI is InChI=1S/C16H30O/c1-4-16(17)8-6-5-7-14-9-11-15(12-10-14)13(2)3/h13-15H,4-12H2,1-3H3. The fourth-order valence-electron chi connectivity index (χ4n) is 3.08.